The van der Waals surface area contributed by atoms with Crippen molar-refractivity contribution in [2.75, 3.05) is 13.2 Å². The summed E-state index contributed by atoms with van der Waals surface area (Å²) >= 11 is 1.66. The molecule has 7 heteroatoms. The van der Waals surface area contributed by atoms with Crippen LogP contribution in [0.3, 0.4) is 0 Å². The van der Waals surface area contributed by atoms with Crippen LogP contribution in [0.5, 0.6) is 0 Å². The second-order valence-corrected chi connectivity index (χ2v) is 7.33. The van der Waals surface area contributed by atoms with Crippen molar-refractivity contribution >= 4 is 17.2 Å². The van der Waals surface area contributed by atoms with E-state index >= 15 is 0 Å². The Hall–Kier alpha value is -1.70. The molecule has 0 aromatic carbocycles. The number of hydrogen-bond donors (Lipinski definition) is 1. The molecule has 2 aliphatic rings. The van der Waals surface area contributed by atoms with E-state index in [4.69, 9.17) is 9.15 Å². The van der Waals surface area contributed by atoms with Crippen molar-refractivity contribution in [2.45, 2.75) is 38.1 Å². The monoisotopic (exact) mass is 347 g/mol. The molecule has 0 spiro atoms. The zero-order valence-corrected chi connectivity index (χ0v) is 14.2. The molecule has 0 unspecified atom stereocenters. The minimum Gasteiger partial charge on any atom is -0.467 e. The number of likely N-dealkylation sites (tertiary alicyclic amines) is 1. The van der Waals surface area contributed by atoms with Gasteiger partial charge in [0, 0.05) is 30.8 Å². The molecular formula is C17H21N3O3S. The number of carbonyl (C=O) groups is 1. The summed E-state index contributed by atoms with van der Waals surface area (Å²) in [6.45, 7) is 2.77. The zero-order chi connectivity index (χ0) is 16.4. The summed E-state index contributed by atoms with van der Waals surface area (Å²) in [7, 11) is 0. The highest BCUT2D eigenvalue weighted by Crippen LogP contribution is 2.32. The fraction of sp³-hybridized carbons (Fsp3) is 0.529. The predicted octanol–water partition coefficient (Wildman–Crippen LogP) is 2.03. The standard InChI is InChI=1S/C17H21N3O3S/c21-17(19-9-13-2-1-5-22-13)12-8-15-14(3-6-23-15)20(10-12)11-16-18-4-7-24-16/h1-2,4-5,7,12,14-15H,3,6,8-11H2,(H,19,21)/t12-,14+,15+/m1/s1. The third kappa shape index (κ3) is 3.38. The van der Waals surface area contributed by atoms with Crippen molar-refractivity contribution in [3.63, 3.8) is 0 Å². The van der Waals surface area contributed by atoms with Gasteiger partial charge in [0.15, 0.2) is 0 Å². The van der Waals surface area contributed by atoms with Gasteiger partial charge >= 0.3 is 0 Å². The maximum atomic E-state index is 12.6. The molecule has 2 fully saturated rings. The number of aromatic nitrogens is 1. The first-order valence-electron chi connectivity index (χ1n) is 8.33. The second kappa shape index (κ2) is 7.04. The van der Waals surface area contributed by atoms with Gasteiger partial charge in [-0.05, 0) is 25.0 Å². The van der Waals surface area contributed by atoms with Gasteiger partial charge in [-0.15, -0.1) is 11.3 Å². The number of ether oxygens (including phenoxy) is 1. The Morgan fingerprint density at radius 3 is 3.25 bits per heavy atom. The smallest absolute Gasteiger partial charge is 0.224 e. The van der Waals surface area contributed by atoms with Crippen molar-refractivity contribution in [2.24, 2.45) is 5.92 Å². The first-order chi connectivity index (χ1) is 11.8. The molecule has 128 valence electrons. The number of rotatable bonds is 5. The van der Waals surface area contributed by atoms with E-state index in [2.05, 4.69) is 15.2 Å². The van der Waals surface area contributed by atoms with E-state index in [0.717, 1.165) is 43.3 Å². The normalized spacial score (nSPS) is 27.1. The molecule has 2 saturated heterocycles. The van der Waals surface area contributed by atoms with Crippen LogP contribution in [0.25, 0.3) is 0 Å². The van der Waals surface area contributed by atoms with Crippen molar-refractivity contribution < 1.29 is 13.9 Å². The molecule has 0 radical (unpaired) electrons. The van der Waals surface area contributed by atoms with Crippen molar-refractivity contribution in [3.8, 4) is 0 Å². The van der Waals surface area contributed by atoms with E-state index in [1.807, 2.05) is 23.7 Å². The molecule has 1 N–H and O–H groups in total. The number of fused-ring (bicyclic) bond motifs is 1. The average molecular weight is 347 g/mol. The quantitative estimate of drug-likeness (QED) is 0.896. The fourth-order valence-electron chi connectivity index (χ4n) is 3.66. The number of piperidine rings is 1. The Balaban J connectivity index is 1.40. The molecule has 2 aliphatic heterocycles. The first-order valence-corrected chi connectivity index (χ1v) is 9.21. The molecule has 1 amide bonds. The summed E-state index contributed by atoms with van der Waals surface area (Å²) in [6.07, 6.45) is 5.44. The highest BCUT2D eigenvalue weighted by molar-refractivity contribution is 7.09. The van der Waals surface area contributed by atoms with Crippen LogP contribution in [-0.4, -0.2) is 41.1 Å². The van der Waals surface area contributed by atoms with E-state index in [0.29, 0.717) is 12.6 Å². The Morgan fingerprint density at radius 2 is 2.46 bits per heavy atom. The second-order valence-electron chi connectivity index (χ2n) is 6.35. The van der Waals surface area contributed by atoms with Gasteiger partial charge in [0.2, 0.25) is 5.91 Å². The summed E-state index contributed by atoms with van der Waals surface area (Å²) in [6, 6.07) is 4.10. The summed E-state index contributed by atoms with van der Waals surface area (Å²) in [5.41, 5.74) is 0. The Morgan fingerprint density at radius 1 is 1.50 bits per heavy atom. The number of amides is 1. The van der Waals surface area contributed by atoms with E-state index in [-0.39, 0.29) is 17.9 Å². The molecule has 4 heterocycles. The lowest BCUT2D eigenvalue weighted by molar-refractivity contribution is -0.130. The zero-order valence-electron chi connectivity index (χ0n) is 13.4. The van der Waals surface area contributed by atoms with Crippen LogP contribution < -0.4 is 5.32 Å². The van der Waals surface area contributed by atoms with Gasteiger partial charge in [0.1, 0.15) is 10.8 Å². The van der Waals surface area contributed by atoms with Crippen LogP contribution in [0.2, 0.25) is 0 Å². The molecule has 0 aliphatic carbocycles. The predicted molar refractivity (Wildman–Crippen MR) is 89.3 cm³/mol. The van der Waals surface area contributed by atoms with Crippen LogP contribution >= 0.6 is 11.3 Å². The van der Waals surface area contributed by atoms with E-state index in [1.54, 1.807) is 17.6 Å². The van der Waals surface area contributed by atoms with Gasteiger partial charge in [0.25, 0.3) is 0 Å². The van der Waals surface area contributed by atoms with Crippen LogP contribution in [0.1, 0.15) is 23.6 Å². The Labute approximate surface area is 144 Å². The van der Waals surface area contributed by atoms with Crippen LogP contribution in [0.15, 0.2) is 34.4 Å². The molecular weight excluding hydrogens is 326 g/mol. The van der Waals surface area contributed by atoms with Gasteiger partial charge in [-0.3, -0.25) is 9.69 Å². The highest BCUT2D eigenvalue weighted by Gasteiger charge is 2.42. The minimum absolute atomic E-state index is 0.0562. The lowest BCUT2D eigenvalue weighted by Gasteiger charge is -2.39. The minimum atomic E-state index is -0.0562. The molecule has 0 saturated carbocycles. The van der Waals surface area contributed by atoms with Crippen molar-refractivity contribution in [3.05, 3.63) is 40.7 Å². The average Bonchev–Trinajstić information content (AvgIpc) is 3.33. The van der Waals surface area contributed by atoms with E-state index in [1.165, 1.54) is 0 Å². The molecule has 0 bridgehead atoms. The SMILES string of the molecule is O=C(NCc1ccco1)[C@@H]1C[C@@H]2OCC[C@@H]2N(Cc2nccs2)C1. The maximum Gasteiger partial charge on any atom is 0.224 e. The number of hydrogen-bond acceptors (Lipinski definition) is 6. The van der Waals surface area contributed by atoms with Crippen molar-refractivity contribution in [1.82, 2.24) is 15.2 Å². The number of nitrogens with one attached hydrogen (secondary N) is 1. The summed E-state index contributed by atoms with van der Waals surface area (Å²) in [5.74, 6) is 0.789. The molecule has 6 nitrogen and oxygen atoms in total. The molecule has 3 atom stereocenters. The topological polar surface area (TPSA) is 67.6 Å². The summed E-state index contributed by atoms with van der Waals surface area (Å²) in [4.78, 5) is 19.3. The third-order valence-corrected chi connectivity index (χ3v) is 5.59. The van der Waals surface area contributed by atoms with Crippen LogP contribution in [-0.2, 0) is 22.6 Å². The number of thiazole rings is 1. The lowest BCUT2D eigenvalue weighted by atomic mass is 9.89. The third-order valence-electron chi connectivity index (χ3n) is 4.82. The van der Waals surface area contributed by atoms with Crippen molar-refractivity contribution in [1.29, 1.82) is 0 Å². The van der Waals surface area contributed by atoms with E-state index in [9.17, 15) is 4.79 Å². The molecule has 24 heavy (non-hydrogen) atoms. The number of nitrogens with zero attached hydrogens (tertiary/aromatic N) is 2. The number of carbonyl (C=O) groups excluding carboxylic acids is 1. The van der Waals surface area contributed by atoms with Gasteiger partial charge in [-0.1, -0.05) is 0 Å². The maximum absolute atomic E-state index is 12.6. The summed E-state index contributed by atoms with van der Waals surface area (Å²) < 4.78 is 11.2. The van der Waals surface area contributed by atoms with Gasteiger partial charge in [-0.2, -0.15) is 0 Å². The Bertz CT molecular complexity index is 659. The lowest BCUT2D eigenvalue weighted by Crippen LogP contribution is -2.52. The molecule has 2 aromatic heterocycles. The van der Waals surface area contributed by atoms with Gasteiger partial charge < -0.3 is 14.5 Å². The fourth-order valence-corrected chi connectivity index (χ4v) is 4.30. The van der Waals surface area contributed by atoms with Crippen LogP contribution in [0, 0.1) is 5.92 Å². The largest absolute Gasteiger partial charge is 0.467 e. The molecule has 4 rings (SSSR count). The van der Waals surface area contributed by atoms with E-state index < -0.39 is 0 Å². The first kappa shape index (κ1) is 15.8. The summed E-state index contributed by atoms with van der Waals surface area (Å²) in [5, 5.41) is 6.08. The molecule has 2 aromatic rings. The number of furan rings is 1. The highest BCUT2D eigenvalue weighted by atomic mass is 32.1. The Kier molecular flexibility index (Phi) is 4.64. The van der Waals surface area contributed by atoms with Gasteiger partial charge in [-0.25, -0.2) is 4.98 Å². The van der Waals surface area contributed by atoms with Gasteiger partial charge in [0.05, 0.1) is 31.4 Å². The van der Waals surface area contributed by atoms with Crippen LogP contribution in [0.4, 0.5) is 0 Å².